The summed E-state index contributed by atoms with van der Waals surface area (Å²) in [5.74, 6) is -0.259. The van der Waals surface area contributed by atoms with E-state index >= 15 is 0 Å². The van der Waals surface area contributed by atoms with Crippen LogP contribution in [0.1, 0.15) is 44.0 Å². The van der Waals surface area contributed by atoms with Crippen molar-refractivity contribution in [2.24, 2.45) is 0 Å². The van der Waals surface area contributed by atoms with Crippen molar-refractivity contribution in [3.05, 3.63) is 29.7 Å². The number of rotatable bonds is 3. The van der Waals surface area contributed by atoms with Crippen LogP contribution >= 0.6 is 0 Å². The van der Waals surface area contributed by atoms with Crippen LogP contribution < -0.4 is 0 Å². The van der Waals surface area contributed by atoms with Gasteiger partial charge in [-0.2, -0.15) is 0 Å². The first-order valence-electron chi connectivity index (χ1n) is 5.58. The first-order chi connectivity index (χ1) is 8.00. The Hall–Kier alpha value is -1.91. The van der Waals surface area contributed by atoms with Gasteiger partial charge in [0.25, 0.3) is 0 Å². The molecule has 0 saturated carbocycles. The molecule has 0 radical (unpaired) electrons. The number of carboxylic acid groups (broad SMARTS) is 1. The molecule has 1 atom stereocenters. The van der Waals surface area contributed by atoms with Gasteiger partial charge in [-0.1, -0.05) is 19.9 Å². The van der Waals surface area contributed by atoms with Crippen molar-refractivity contribution in [1.82, 2.24) is 14.6 Å². The van der Waals surface area contributed by atoms with Crippen LogP contribution in [-0.4, -0.2) is 25.7 Å². The third-order valence-corrected chi connectivity index (χ3v) is 2.84. The van der Waals surface area contributed by atoms with E-state index in [-0.39, 0.29) is 5.92 Å². The number of aliphatic carboxylic acids is 1. The van der Waals surface area contributed by atoms with Crippen LogP contribution in [0.4, 0.5) is 0 Å². The van der Waals surface area contributed by atoms with Crippen LogP contribution in [0.25, 0.3) is 5.65 Å². The lowest BCUT2D eigenvalue weighted by atomic mass is 10.0. The molecule has 2 rings (SSSR count). The first-order valence-corrected chi connectivity index (χ1v) is 5.58. The Morgan fingerprint density at radius 3 is 2.59 bits per heavy atom. The number of aromatic nitrogens is 3. The third kappa shape index (κ3) is 2.00. The molecule has 0 bridgehead atoms. The molecule has 0 aliphatic carbocycles. The highest BCUT2D eigenvalue weighted by Crippen LogP contribution is 2.19. The van der Waals surface area contributed by atoms with E-state index in [1.807, 2.05) is 24.4 Å². The zero-order valence-electron chi connectivity index (χ0n) is 10.1. The highest BCUT2D eigenvalue weighted by Gasteiger charge is 2.16. The minimum Gasteiger partial charge on any atom is -0.481 e. The summed E-state index contributed by atoms with van der Waals surface area (Å²) in [5, 5.41) is 17.2. The smallest absolute Gasteiger partial charge is 0.310 e. The maximum Gasteiger partial charge on any atom is 0.310 e. The van der Waals surface area contributed by atoms with E-state index in [2.05, 4.69) is 10.2 Å². The highest BCUT2D eigenvalue weighted by molar-refractivity contribution is 5.75. The summed E-state index contributed by atoms with van der Waals surface area (Å²) < 4.78 is 1.86. The van der Waals surface area contributed by atoms with E-state index in [1.54, 1.807) is 19.1 Å². The molecule has 2 aromatic rings. The average Bonchev–Trinajstić information content (AvgIpc) is 2.70. The SMILES string of the molecule is CC(C)c1nnc2ccc(C(C)C(=O)O)cn12. The molecule has 17 heavy (non-hydrogen) atoms. The van der Waals surface area contributed by atoms with E-state index in [9.17, 15) is 4.79 Å². The van der Waals surface area contributed by atoms with E-state index in [0.29, 0.717) is 0 Å². The van der Waals surface area contributed by atoms with Gasteiger partial charge in [0.2, 0.25) is 0 Å². The number of carbonyl (C=O) groups is 1. The van der Waals surface area contributed by atoms with Crippen LogP contribution in [0.5, 0.6) is 0 Å². The first kappa shape index (κ1) is 11.6. The lowest BCUT2D eigenvalue weighted by Crippen LogP contribution is -2.08. The standard InChI is InChI=1S/C12H15N3O2/c1-7(2)11-14-13-10-5-4-9(6-15(10)11)8(3)12(16)17/h4-8H,1-3H3,(H,16,17). The number of fused-ring (bicyclic) bond motifs is 1. The minimum absolute atomic E-state index is 0.250. The zero-order chi connectivity index (χ0) is 12.6. The molecular formula is C12H15N3O2. The Morgan fingerprint density at radius 2 is 2.00 bits per heavy atom. The normalized spacial score (nSPS) is 13.2. The second-order valence-electron chi connectivity index (χ2n) is 4.46. The predicted octanol–water partition coefficient (Wildman–Crippen LogP) is 2.04. The van der Waals surface area contributed by atoms with Gasteiger partial charge >= 0.3 is 5.97 Å². The summed E-state index contributed by atoms with van der Waals surface area (Å²) in [5.41, 5.74) is 1.50. The molecular weight excluding hydrogens is 218 g/mol. The quantitative estimate of drug-likeness (QED) is 0.880. The summed E-state index contributed by atoms with van der Waals surface area (Å²) in [6.07, 6.45) is 1.81. The molecule has 90 valence electrons. The van der Waals surface area contributed by atoms with Crippen molar-refractivity contribution >= 4 is 11.6 Å². The fraction of sp³-hybridized carbons (Fsp3) is 0.417. The largest absolute Gasteiger partial charge is 0.481 e. The number of hydrogen-bond acceptors (Lipinski definition) is 3. The maximum absolute atomic E-state index is 11.0. The molecule has 1 N–H and O–H groups in total. The van der Waals surface area contributed by atoms with Crippen LogP contribution in [0, 0.1) is 0 Å². The van der Waals surface area contributed by atoms with Gasteiger partial charge in [-0.3, -0.25) is 9.20 Å². The molecule has 0 aromatic carbocycles. The molecule has 2 aromatic heterocycles. The lowest BCUT2D eigenvalue weighted by Gasteiger charge is -2.08. The predicted molar refractivity (Wildman–Crippen MR) is 63.1 cm³/mol. The molecule has 0 amide bonds. The molecule has 0 aliphatic rings. The van der Waals surface area contributed by atoms with Gasteiger partial charge in [0.15, 0.2) is 5.65 Å². The lowest BCUT2D eigenvalue weighted by molar-refractivity contribution is -0.138. The number of pyridine rings is 1. The summed E-state index contributed by atoms with van der Waals surface area (Å²) >= 11 is 0. The Kier molecular flexibility index (Phi) is 2.83. The number of hydrogen-bond donors (Lipinski definition) is 1. The Morgan fingerprint density at radius 1 is 1.29 bits per heavy atom. The van der Waals surface area contributed by atoms with Crippen molar-refractivity contribution in [1.29, 1.82) is 0 Å². The molecule has 0 spiro atoms. The summed E-state index contributed by atoms with van der Waals surface area (Å²) in [6, 6.07) is 3.58. The molecule has 0 aliphatic heterocycles. The van der Waals surface area contributed by atoms with Crippen molar-refractivity contribution in [3.8, 4) is 0 Å². The van der Waals surface area contributed by atoms with E-state index in [4.69, 9.17) is 5.11 Å². The minimum atomic E-state index is -0.830. The average molecular weight is 233 g/mol. The van der Waals surface area contributed by atoms with Crippen LogP contribution in [0.2, 0.25) is 0 Å². The molecule has 1 unspecified atom stereocenters. The van der Waals surface area contributed by atoms with Crippen molar-refractivity contribution in [2.75, 3.05) is 0 Å². The Bertz CT molecular complexity index is 560. The van der Waals surface area contributed by atoms with Gasteiger partial charge in [0.05, 0.1) is 5.92 Å². The van der Waals surface area contributed by atoms with E-state index < -0.39 is 11.9 Å². The van der Waals surface area contributed by atoms with Gasteiger partial charge in [0.1, 0.15) is 5.82 Å². The topological polar surface area (TPSA) is 67.5 Å². The third-order valence-electron chi connectivity index (χ3n) is 2.84. The van der Waals surface area contributed by atoms with E-state index in [1.165, 1.54) is 0 Å². The molecule has 5 heteroatoms. The summed E-state index contributed by atoms with van der Waals surface area (Å²) in [4.78, 5) is 11.0. The number of nitrogens with zero attached hydrogens (tertiary/aromatic N) is 3. The fourth-order valence-electron chi connectivity index (χ4n) is 1.72. The van der Waals surface area contributed by atoms with Crippen molar-refractivity contribution in [3.63, 3.8) is 0 Å². The molecule has 0 saturated heterocycles. The summed E-state index contributed by atoms with van der Waals surface area (Å²) in [6.45, 7) is 5.73. The van der Waals surface area contributed by atoms with Crippen LogP contribution in [0.3, 0.4) is 0 Å². The van der Waals surface area contributed by atoms with Crippen molar-refractivity contribution in [2.45, 2.75) is 32.6 Å². The van der Waals surface area contributed by atoms with Crippen LogP contribution in [0.15, 0.2) is 18.3 Å². The second kappa shape index (κ2) is 4.16. The molecule has 2 heterocycles. The summed E-state index contributed by atoms with van der Waals surface area (Å²) in [7, 11) is 0. The van der Waals surface area contributed by atoms with Gasteiger partial charge in [0, 0.05) is 12.1 Å². The second-order valence-corrected chi connectivity index (χ2v) is 4.46. The van der Waals surface area contributed by atoms with E-state index in [0.717, 1.165) is 17.0 Å². The Balaban J connectivity index is 2.55. The van der Waals surface area contributed by atoms with Gasteiger partial charge in [-0.25, -0.2) is 0 Å². The van der Waals surface area contributed by atoms with Crippen molar-refractivity contribution < 1.29 is 9.90 Å². The van der Waals surface area contributed by atoms with Crippen LogP contribution in [-0.2, 0) is 4.79 Å². The maximum atomic E-state index is 11.0. The highest BCUT2D eigenvalue weighted by atomic mass is 16.4. The van der Waals surface area contributed by atoms with Gasteiger partial charge < -0.3 is 5.11 Å². The molecule has 5 nitrogen and oxygen atoms in total. The fourth-order valence-corrected chi connectivity index (χ4v) is 1.72. The van der Waals surface area contributed by atoms with Gasteiger partial charge in [-0.15, -0.1) is 10.2 Å². The number of carboxylic acids is 1. The Labute approximate surface area is 99.1 Å². The monoisotopic (exact) mass is 233 g/mol. The molecule has 0 fully saturated rings. The van der Waals surface area contributed by atoms with Gasteiger partial charge in [-0.05, 0) is 18.6 Å². The zero-order valence-corrected chi connectivity index (χ0v) is 10.1.